The van der Waals surface area contributed by atoms with Gasteiger partial charge in [-0.15, -0.1) is 0 Å². The van der Waals surface area contributed by atoms with Crippen LogP contribution in [0.3, 0.4) is 0 Å². The van der Waals surface area contributed by atoms with E-state index < -0.39 is 22.7 Å². The maximum Gasteiger partial charge on any atom is 0.387 e. The van der Waals surface area contributed by atoms with Gasteiger partial charge in [0.25, 0.3) is 0 Å². The predicted octanol–water partition coefficient (Wildman–Crippen LogP) is 4.93. The van der Waals surface area contributed by atoms with Gasteiger partial charge in [0, 0.05) is 23.6 Å². The first kappa shape index (κ1) is 27.2. The Morgan fingerprint density at radius 1 is 1.05 bits per heavy atom. The number of nitrogens with one attached hydrogen (secondary N) is 1. The fourth-order valence-corrected chi connectivity index (χ4v) is 6.30. The summed E-state index contributed by atoms with van der Waals surface area (Å²) in [7, 11) is -2.27. The van der Waals surface area contributed by atoms with Crippen molar-refractivity contribution in [2.75, 3.05) is 7.11 Å². The van der Waals surface area contributed by atoms with E-state index in [4.69, 9.17) is 14.5 Å². The number of methoxy groups -OCH3 is 1. The molecule has 2 N–H and O–H groups in total. The average molecular weight is 557 g/mol. The number of nitrogens with zero attached hydrogens (tertiary/aromatic N) is 1. The number of alkyl halides is 2. The van der Waals surface area contributed by atoms with Gasteiger partial charge < -0.3 is 14.6 Å². The zero-order valence-electron chi connectivity index (χ0n) is 21.6. The van der Waals surface area contributed by atoms with Gasteiger partial charge in [-0.25, -0.2) is 13.1 Å². The number of aliphatic hydroxyl groups is 1. The summed E-state index contributed by atoms with van der Waals surface area (Å²) >= 11 is 0. The van der Waals surface area contributed by atoms with Crippen LogP contribution < -0.4 is 14.2 Å². The normalized spacial score (nSPS) is 20.7. The van der Waals surface area contributed by atoms with Crippen molar-refractivity contribution in [3.8, 4) is 11.5 Å². The number of hydrogen-bond donors (Lipinski definition) is 2. The Kier molecular flexibility index (Phi) is 7.70. The summed E-state index contributed by atoms with van der Waals surface area (Å²) in [6.07, 6.45) is 1.28. The van der Waals surface area contributed by atoms with Crippen LogP contribution in [0.2, 0.25) is 0 Å². The third kappa shape index (κ3) is 5.83. The number of aryl methyl sites for hydroxylation is 1. The molecule has 0 spiro atoms. The zero-order chi connectivity index (χ0) is 27.7. The number of rotatable bonds is 8. The molecule has 3 aromatic rings. The van der Waals surface area contributed by atoms with E-state index in [1.54, 1.807) is 36.4 Å². The fourth-order valence-electron chi connectivity index (χ4n) is 5.28. The molecule has 3 atom stereocenters. The molecule has 7 nitrogen and oxygen atoms in total. The Morgan fingerprint density at radius 3 is 2.44 bits per heavy atom. The summed E-state index contributed by atoms with van der Waals surface area (Å²) in [5.74, 6) is -0.0184. The molecule has 0 aromatic heterocycles. The summed E-state index contributed by atoms with van der Waals surface area (Å²) < 4.78 is 64.3. The van der Waals surface area contributed by atoms with Crippen LogP contribution in [0.1, 0.15) is 53.0 Å². The largest absolute Gasteiger partial charge is 0.493 e. The van der Waals surface area contributed by atoms with Gasteiger partial charge >= 0.3 is 6.61 Å². The highest BCUT2D eigenvalue weighted by Gasteiger charge is 2.37. The van der Waals surface area contributed by atoms with Crippen LogP contribution in [0.25, 0.3) is 0 Å². The summed E-state index contributed by atoms with van der Waals surface area (Å²) in [5, 5.41) is 10.3. The minimum absolute atomic E-state index is 0.0532. The van der Waals surface area contributed by atoms with Gasteiger partial charge in [-0.05, 0) is 61.6 Å². The number of halogens is 2. The lowest BCUT2D eigenvalue weighted by atomic mass is 9.74. The van der Waals surface area contributed by atoms with Crippen molar-refractivity contribution in [1.82, 2.24) is 4.72 Å². The van der Waals surface area contributed by atoms with Gasteiger partial charge in [-0.2, -0.15) is 8.78 Å². The molecule has 3 aromatic carbocycles. The number of aliphatic imine (C=N–C) groups is 1. The molecule has 1 heterocycles. The highest BCUT2D eigenvalue weighted by atomic mass is 32.2. The molecule has 10 heteroatoms. The van der Waals surface area contributed by atoms with Gasteiger partial charge in [0.05, 0.1) is 29.9 Å². The second kappa shape index (κ2) is 11.0. The minimum atomic E-state index is -3.66. The van der Waals surface area contributed by atoms with E-state index in [9.17, 15) is 22.3 Å². The lowest BCUT2D eigenvalue weighted by Crippen LogP contribution is -2.34. The van der Waals surface area contributed by atoms with Gasteiger partial charge in [0.2, 0.25) is 10.0 Å². The van der Waals surface area contributed by atoms with E-state index in [-0.39, 0.29) is 34.9 Å². The number of benzene rings is 3. The van der Waals surface area contributed by atoms with Crippen LogP contribution in [0.15, 0.2) is 70.6 Å². The average Bonchev–Trinajstić information content (AvgIpc) is 2.91. The Morgan fingerprint density at radius 2 is 1.77 bits per heavy atom. The molecular formula is C29H30F2N2O5S. The number of aliphatic hydroxyl groups excluding tert-OH is 1. The maximum absolute atomic E-state index is 13.1. The van der Waals surface area contributed by atoms with Crippen LogP contribution >= 0.6 is 0 Å². The second-order valence-electron chi connectivity index (χ2n) is 9.92. The molecule has 0 saturated heterocycles. The highest BCUT2D eigenvalue weighted by molar-refractivity contribution is 7.89. The molecule has 1 aliphatic heterocycles. The highest BCUT2D eigenvalue weighted by Crippen LogP contribution is 2.45. The quantitative estimate of drug-likeness (QED) is 0.410. The topological polar surface area (TPSA) is 97.2 Å². The van der Waals surface area contributed by atoms with Gasteiger partial charge in [-0.1, -0.05) is 42.0 Å². The minimum Gasteiger partial charge on any atom is -0.493 e. The molecule has 5 rings (SSSR count). The third-order valence-electron chi connectivity index (χ3n) is 7.31. The molecule has 39 heavy (non-hydrogen) atoms. The van der Waals surface area contributed by atoms with Crippen molar-refractivity contribution < 1.29 is 31.8 Å². The summed E-state index contributed by atoms with van der Waals surface area (Å²) in [4.78, 5) is 5.23. The van der Waals surface area contributed by atoms with Crippen LogP contribution in [0, 0.1) is 6.92 Å². The molecule has 3 unspecified atom stereocenters. The molecule has 0 radical (unpaired) electrons. The molecule has 2 aliphatic rings. The van der Waals surface area contributed by atoms with Gasteiger partial charge in [0.15, 0.2) is 11.5 Å². The van der Waals surface area contributed by atoms with E-state index in [0.717, 1.165) is 27.8 Å². The number of hydrogen-bond acceptors (Lipinski definition) is 6. The summed E-state index contributed by atoms with van der Waals surface area (Å²) in [6, 6.07) is 17.2. The molecular weight excluding hydrogens is 526 g/mol. The van der Waals surface area contributed by atoms with E-state index in [1.165, 1.54) is 7.11 Å². The van der Waals surface area contributed by atoms with E-state index in [0.29, 0.717) is 25.0 Å². The standard InChI is InChI=1S/C29H30F2N2O5S/c1-17-3-10-21(11-4-17)39(35,36)32-16-18-5-7-19(8-6-18)28-24-15-26(37-2)27(38-29(30)31)14-22(24)23-13-20(34)9-12-25(23)33-28/h3-8,10-11,14-15,20,23,25,29,32,34H,9,12-13,16H2,1-2H3. The Hall–Kier alpha value is -3.34. The van der Waals surface area contributed by atoms with Crippen molar-refractivity contribution in [3.63, 3.8) is 0 Å². The van der Waals surface area contributed by atoms with Crippen molar-refractivity contribution in [1.29, 1.82) is 0 Å². The summed E-state index contributed by atoms with van der Waals surface area (Å²) in [6.45, 7) is -0.994. The Balaban J connectivity index is 1.43. The van der Waals surface area contributed by atoms with Crippen molar-refractivity contribution in [2.24, 2.45) is 4.99 Å². The van der Waals surface area contributed by atoms with E-state index in [2.05, 4.69) is 4.72 Å². The van der Waals surface area contributed by atoms with Crippen LogP contribution in [0.5, 0.6) is 11.5 Å². The smallest absolute Gasteiger partial charge is 0.387 e. The van der Waals surface area contributed by atoms with Gasteiger partial charge in [-0.3, -0.25) is 4.99 Å². The lowest BCUT2D eigenvalue weighted by Gasteiger charge is -2.37. The summed E-state index contributed by atoms with van der Waals surface area (Å²) in [5.41, 5.74) is 4.75. The molecule has 0 bridgehead atoms. The van der Waals surface area contributed by atoms with Crippen molar-refractivity contribution in [2.45, 2.75) is 62.3 Å². The number of sulfonamides is 1. The van der Waals surface area contributed by atoms with E-state index >= 15 is 0 Å². The fraction of sp³-hybridized carbons (Fsp3) is 0.345. The van der Waals surface area contributed by atoms with Gasteiger partial charge in [0.1, 0.15) is 0 Å². The third-order valence-corrected chi connectivity index (χ3v) is 8.73. The number of ether oxygens (including phenoxy) is 2. The van der Waals surface area contributed by atoms with E-state index in [1.807, 2.05) is 31.2 Å². The monoisotopic (exact) mass is 556 g/mol. The second-order valence-corrected chi connectivity index (χ2v) is 11.7. The SMILES string of the molecule is COc1cc2c(cc1OC(F)F)C1CC(O)CCC1N=C2c1ccc(CNS(=O)(=O)c2ccc(C)cc2)cc1. The van der Waals surface area contributed by atoms with Crippen molar-refractivity contribution >= 4 is 15.7 Å². The molecule has 206 valence electrons. The van der Waals surface area contributed by atoms with Crippen LogP contribution in [0.4, 0.5) is 8.78 Å². The predicted molar refractivity (Wildman–Crippen MR) is 143 cm³/mol. The Labute approximate surface area is 226 Å². The van der Waals surface area contributed by atoms with Crippen LogP contribution in [-0.4, -0.2) is 45.1 Å². The van der Waals surface area contributed by atoms with Crippen LogP contribution in [-0.2, 0) is 16.6 Å². The lowest BCUT2D eigenvalue weighted by molar-refractivity contribution is -0.0513. The maximum atomic E-state index is 13.1. The molecule has 1 fully saturated rings. The first-order chi connectivity index (χ1) is 18.6. The first-order valence-electron chi connectivity index (χ1n) is 12.7. The Bertz CT molecular complexity index is 1470. The zero-order valence-corrected chi connectivity index (χ0v) is 22.4. The molecule has 1 saturated carbocycles. The number of fused-ring (bicyclic) bond motifs is 3. The first-order valence-corrected chi connectivity index (χ1v) is 14.2. The molecule has 1 aliphatic carbocycles. The van der Waals surface area contributed by atoms with Crippen molar-refractivity contribution in [3.05, 3.63) is 88.5 Å². The molecule has 0 amide bonds.